The summed E-state index contributed by atoms with van der Waals surface area (Å²) in [6.07, 6.45) is -0.437. The summed E-state index contributed by atoms with van der Waals surface area (Å²) in [5.74, 6) is -2.90. The van der Waals surface area contributed by atoms with Crippen LogP contribution in [0.4, 0.5) is 0 Å². The van der Waals surface area contributed by atoms with Crippen molar-refractivity contribution in [2.75, 3.05) is 14.1 Å². The molecule has 3 bridgehead atoms. The maximum atomic E-state index is 13.3. The lowest BCUT2D eigenvalue weighted by atomic mass is 9.78. The van der Waals surface area contributed by atoms with Gasteiger partial charge in [-0.1, -0.05) is 20.8 Å². The standard InChI is InChI=1S/C29H49NO8/c1-11-21-27(7)13-15(2)29(37-27)16(3)14-28(8,38-29)24(18(5)22(31)19(6)25(33)35-21)36-26-23(32)20(30(9)10)12-17(4)34-26/h13,16-24,26,31-32H,11-12,14H2,1-10H3/t16?,17-,18+,19-,20+,21-,22+,23-,24-,26+,27-,28+,29?/m1/s1. The van der Waals surface area contributed by atoms with Crippen LogP contribution in [0, 0.1) is 17.8 Å². The maximum absolute atomic E-state index is 13.3. The minimum Gasteiger partial charge on any atom is -0.459 e. The Morgan fingerprint density at radius 3 is 2.37 bits per heavy atom. The van der Waals surface area contributed by atoms with Crippen molar-refractivity contribution in [2.45, 2.75) is 134 Å². The first-order chi connectivity index (χ1) is 17.6. The summed E-state index contributed by atoms with van der Waals surface area (Å²) < 4.78 is 32.4. The molecule has 1 spiro atoms. The molecule has 38 heavy (non-hydrogen) atoms. The van der Waals surface area contributed by atoms with Gasteiger partial charge in [0.1, 0.15) is 17.8 Å². The number of likely N-dealkylation sites (N-methyl/N-ethyl adjacent to an activating group) is 1. The number of carbonyl (C=O) groups is 1. The van der Waals surface area contributed by atoms with E-state index < -0.39 is 65.5 Å². The van der Waals surface area contributed by atoms with Crippen LogP contribution in [-0.2, 0) is 28.5 Å². The molecule has 4 rings (SSSR count). The smallest absolute Gasteiger partial charge is 0.311 e. The van der Waals surface area contributed by atoms with Crippen LogP contribution in [0.15, 0.2) is 11.6 Å². The van der Waals surface area contributed by atoms with Crippen LogP contribution in [0.3, 0.4) is 0 Å². The lowest BCUT2D eigenvalue weighted by Crippen LogP contribution is -2.59. The second-order valence-electron chi connectivity index (χ2n) is 12.9. The van der Waals surface area contributed by atoms with Gasteiger partial charge in [0.15, 0.2) is 12.1 Å². The minimum atomic E-state index is -1.07. The van der Waals surface area contributed by atoms with Crippen molar-refractivity contribution in [3.05, 3.63) is 11.6 Å². The van der Waals surface area contributed by atoms with Crippen LogP contribution in [0.5, 0.6) is 0 Å². The number of hydrogen-bond donors (Lipinski definition) is 2. The summed E-state index contributed by atoms with van der Waals surface area (Å²) in [7, 11) is 3.86. The molecule has 0 saturated carbocycles. The second kappa shape index (κ2) is 10.4. The molecular formula is C29H49NO8. The zero-order valence-corrected chi connectivity index (χ0v) is 24.8. The third-order valence-corrected chi connectivity index (χ3v) is 9.50. The molecule has 13 atom stereocenters. The van der Waals surface area contributed by atoms with E-state index in [2.05, 4.69) is 6.92 Å². The zero-order valence-electron chi connectivity index (χ0n) is 24.8. The summed E-state index contributed by atoms with van der Waals surface area (Å²) in [6, 6.07) is -0.151. The van der Waals surface area contributed by atoms with Gasteiger partial charge in [-0.15, -0.1) is 0 Å². The Morgan fingerprint density at radius 2 is 1.76 bits per heavy atom. The van der Waals surface area contributed by atoms with Gasteiger partial charge in [-0.3, -0.25) is 4.79 Å². The molecule has 4 aliphatic rings. The summed E-state index contributed by atoms with van der Waals surface area (Å²) in [5.41, 5.74) is -0.848. The van der Waals surface area contributed by atoms with Gasteiger partial charge in [-0.05, 0) is 79.6 Å². The van der Waals surface area contributed by atoms with Gasteiger partial charge < -0.3 is 38.8 Å². The average molecular weight is 540 g/mol. The Kier molecular flexibility index (Phi) is 8.18. The SMILES string of the molecule is CC[C@H]1OC(=O)[C@H](C)[C@@H](O)[C@H](C)[C@@H](O[C@@H]2O[C@H](C)C[C@H](N(C)C)[C@H]2O)[C@]2(C)CC(C)C3(O[C@]1(C)C=C3C)O2. The van der Waals surface area contributed by atoms with E-state index in [0.717, 1.165) is 5.57 Å². The van der Waals surface area contributed by atoms with E-state index in [1.807, 2.05) is 66.6 Å². The highest BCUT2D eigenvalue weighted by Crippen LogP contribution is 2.56. The number of fused-ring (bicyclic) bond motifs is 2. The van der Waals surface area contributed by atoms with E-state index in [1.54, 1.807) is 6.92 Å². The highest BCUT2D eigenvalue weighted by atomic mass is 16.8. The molecule has 3 saturated heterocycles. The fourth-order valence-electron chi connectivity index (χ4n) is 7.37. The highest BCUT2D eigenvalue weighted by molar-refractivity contribution is 5.73. The van der Waals surface area contributed by atoms with E-state index in [1.165, 1.54) is 0 Å². The second-order valence-corrected chi connectivity index (χ2v) is 12.9. The number of aliphatic hydroxyl groups excluding tert-OH is 2. The summed E-state index contributed by atoms with van der Waals surface area (Å²) in [5, 5.41) is 22.7. The average Bonchev–Trinajstić information content (AvgIpc) is 3.25. The van der Waals surface area contributed by atoms with Crippen LogP contribution < -0.4 is 0 Å². The lowest BCUT2D eigenvalue weighted by Gasteiger charge is -2.47. The van der Waals surface area contributed by atoms with Crippen molar-refractivity contribution in [3.63, 3.8) is 0 Å². The largest absolute Gasteiger partial charge is 0.459 e. The number of carbonyl (C=O) groups excluding carboxylic acids is 1. The van der Waals surface area contributed by atoms with Gasteiger partial charge >= 0.3 is 5.97 Å². The van der Waals surface area contributed by atoms with E-state index in [9.17, 15) is 15.0 Å². The predicted molar refractivity (Wildman–Crippen MR) is 141 cm³/mol. The third kappa shape index (κ3) is 4.86. The molecule has 9 nitrogen and oxygen atoms in total. The topological polar surface area (TPSA) is 107 Å². The zero-order chi connectivity index (χ0) is 28.4. The Bertz CT molecular complexity index is 926. The quantitative estimate of drug-likeness (QED) is 0.412. The van der Waals surface area contributed by atoms with E-state index in [0.29, 0.717) is 19.3 Å². The fraction of sp³-hybridized carbons (Fsp3) is 0.897. The number of cyclic esters (lactones) is 1. The molecule has 9 heteroatoms. The van der Waals surface area contributed by atoms with Crippen molar-refractivity contribution < 1.29 is 38.7 Å². The number of ether oxygens (including phenoxy) is 5. The highest BCUT2D eigenvalue weighted by Gasteiger charge is 2.64. The van der Waals surface area contributed by atoms with Gasteiger partial charge in [0.25, 0.3) is 0 Å². The molecule has 0 aromatic rings. The Morgan fingerprint density at radius 1 is 1.11 bits per heavy atom. The van der Waals surface area contributed by atoms with Crippen molar-refractivity contribution in [1.82, 2.24) is 4.90 Å². The molecule has 0 aromatic heterocycles. The molecular weight excluding hydrogens is 490 g/mol. The Hall–Kier alpha value is -1.07. The van der Waals surface area contributed by atoms with E-state index in [-0.39, 0.29) is 18.1 Å². The predicted octanol–water partition coefficient (Wildman–Crippen LogP) is 3.01. The molecule has 4 aliphatic heterocycles. The van der Waals surface area contributed by atoms with Crippen molar-refractivity contribution in [3.8, 4) is 0 Å². The lowest BCUT2D eigenvalue weighted by molar-refractivity contribution is -0.327. The third-order valence-electron chi connectivity index (χ3n) is 9.50. The van der Waals surface area contributed by atoms with E-state index in [4.69, 9.17) is 23.7 Å². The molecule has 3 fully saturated rings. The molecule has 4 heterocycles. The number of nitrogens with zero attached hydrogens (tertiary/aromatic N) is 1. The summed E-state index contributed by atoms with van der Waals surface area (Å²) in [4.78, 5) is 15.3. The summed E-state index contributed by atoms with van der Waals surface area (Å²) in [6.45, 7) is 15.5. The molecule has 2 unspecified atom stereocenters. The van der Waals surface area contributed by atoms with Crippen LogP contribution in [0.2, 0.25) is 0 Å². The van der Waals surface area contributed by atoms with Crippen LogP contribution in [0.1, 0.15) is 74.7 Å². The van der Waals surface area contributed by atoms with Gasteiger partial charge in [-0.2, -0.15) is 0 Å². The molecule has 218 valence electrons. The monoisotopic (exact) mass is 539 g/mol. The van der Waals surface area contributed by atoms with Crippen molar-refractivity contribution in [1.29, 1.82) is 0 Å². The molecule has 0 amide bonds. The van der Waals surface area contributed by atoms with Crippen molar-refractivity contribution >= 4 is 5.97 Å². The number of esters is 1. The molecule has 0 aromatic carbocycles. The summed E-state index contributed by atoms with van der Waals surface area (Å²) >= 11 is 0. The van der Waals surface area contributed by atoms with Gasteiger partial charge in [-0.25, -0.2) is 0 Å². The molecule has 0 aliphatic carbocycles. The van der Waals surface area contributed by atoms with E-state index >= 15 is 0 Å². The number of aliphatic hydroxyl groups is 2. The maximum Gasteiger partial charge on any atom is 0.311 e. The normalized spacial score (nSPS) is 51.8. The van der Waals surface area contributed by atoms with Crippen LogP contribution >= 0.6 is 0 Å². The van der Waals surface area contributed by atoms with Gasteiger partial charge in [0, 0.05) is 17.9 Å². The first-order valence-corrected chi connectivity index (χ1v) is 14.2. The number of rotatable bonds is 4. The number of hydrogen-bond acceptors (Lipinski definition) is 9. The first-order valence-electron chi connectivity index (χ1n) is 14.2. The van der Waals surface area contributed by atoms with Gasteiger partial charge in [0.05, 0.1) is 29.8 Å². The first kappa shape index (κ1) is 29.9. The minimum absolute atomic E-state index is 0.0435. The molecule has 0 radical (unpaired) electrons. The van der Waals surface area contributed by atoms with Crippen molar-refractivity contribution in [2.24, 2.45) is 17.8 Å². The Labute approximate surface area is 227 Å². The van der Waals surface area contributed by atoms with Crippen LogP contribution in [0.25, 0.3) is 0 Å². The Balaban J connectivity index is 1.77. The molecule has 2 N–H and O–H groups in total. The van der Waals surface area contributed by atoms with Crippen LogP contribution in [-0.4, -0.2) is 95.0 Å². The fourth-order valence-corrected chi connectivity index (χ4v) is 7.37. The van der Waals surface area contributed by atoms with Gasteiger partial charge in [0.2, 0.25) is 0 Å².